The number of hydrogen-bond acceptors (Lipinski definition) is 5. The Morgan fingerprint density at radius 1 is 1.09 bits per heavy atom. The zero-order valence-corrected chi connectivity index (χ0v) is 17.6. The lowest BCUT2D eigenvalue weighted by molar-refractivity contribution is -0.137. The lowest BCUT2D eigenvalue weighted by Crippen LogP contribution is -2.37. The summed E-state index contributed by atoms with van der Waals surface area (Å²) in [7, 11) is 0. The number of nitrogens with two attached hydrogens (primary N) is 3. The molecule has 0 fully saturated rings. The first-order valence-electron chi connectivity index (χ1n) is 10.1. The van der Waals surface area contributed by atoms with E-state index in [1.54, 1.807) is 0 Å². The number of rotatable bonds is 6. The number of halogens is 3. The first-order valence-corrected chi connectivity index (χ1v) is 10.1. The Hall–Kier alpha value is -3.53. The molecule has 1 atom stereocenters. The molecule has 2 aromatic carbocycles. The maximum absolute atomic E-state index is 13.6. The van der Waals surface area contributed by atoms with E-state index in [4.69, 9.17) is 17.2 Å². The Bertz CT molecular complexity index is 1060. The molecule has 32 heavy (non-hydrogen) atoms. The molecule has 2 aromatic rings. The molecule has 1 aliphatic heterocycles. The summed E-state index contributed by atoms with van der Waals surface area (Å²) in [5.41, 5.74) is 18.4. The van der Waals surface area contributed by atoms with Crippen molar-refractivity contribution in [3.8, 4) is 0 Å². The summed E-state index contributed by atoms with van der Waals surface area (Å²) < 4.78 is 40.9. The lowest BCUT2D eigenvalue weighted by Gasteiger charge is -2.19. The van der Waals surface area contributed by atoms with E-state index in [1.807, 2.05) is 31.2 Å². The van der Waals surface area contributed by atoms with Gasteiger partial charge in [-0.1, -0.05) is 49.4 Å². The van der Waals surface area contributed by atoms with Gasteiger partial charge in [-0.15, -0.1) is 0 Å². The molecule has 0 aliphatic carbocycles. The second-order valence-corrected chi connectivity index (χ2v) is 7.13. The zero-order valence-electron chi connectivity index (χ0n) is 17.6. The molecule has 7 nitrogen and oxygen atoms in total. The highest BCUT2D eigenvalue weighted by Crippen LogP contribution is 2.35. The molecule has 0 spiro atoms. The standard InChI is InChI=1S/C22H26F3N7/c1-2-17-13-7-3-4-8-14(13)20(30-17)32-21(28)31-18(19(27)29-12-11-26)15-9-5-6-10-16(15)22(23,24)25/h3-10,17,29H,2,11-12,26-27H2,1H3,(H3,28,30,31,32)/b19-18+. The van der Waals surface area contributed by atoms with Gasteiger partial charge in [0.1, 0.15) is 5.82 Å². The molecule has 3 rings (SSSR count). The Labute approximate surface area is 184 Å². The largest absolute Gasteiger partial charge is 0.417 e. The van der Waals surface area contributed by atoms with E-state index in [0.29, 0.717) is 5.84 Å². The molecule has 10 heteroatoms. The first kappa shape index (κ1) is 23.1. The van der Waals surface area contributed by atoms with Gasteiger partial charge in [0.2, 0.25) is 0 Å². The first-order chi connectivity index (χ1) is 15.3. The Morgan fingerprint density at radius 2 is 1.78 bits per heavy atom. The third-order valence-corrected chi connectivity index (χ3v) is 4.94. The van der Waals surface area contributed by atoms with Crippen LogP contribution in [0.5, 0.6) is 0 Å². The van der Waals surface area contributed by atoms with Crippen molar-refractivity contribution in [2.24, 2.45) is 27.2 Å². The summed E-state index contributed by atoms with van der Waals surface area (Å²) in [6.45, 7) is 2.52. The normalized spacial score (nSPS) is 16.8. The van der Waals surface area contributed by atoms with Crippen LogP contribution in [0.2, 0.25) is 0 Å². The number of alkyl halides is 3. The molecule has 8 N–H and O–H groups in total. The van der Waals surface area contributed by atoms with E-state index < -0.39 is 11.7 Å². The molecule has 1 unspecified atom stereocenters. The summed E-state index contributed by atoms with van der Waals surface area (Å²) in [6.07, 6.45) is -3.81. The summed E-state index contributed by atoms with van der Waals surface area (Å²) in [5, 5.41) is 5.55. The fraction of sp³-hybridized carbons (Fsp3) is 0.273. The van der Waals surface area contributed by atoms with Crippen LogP contribution in [-0.4, -0.2) is 24.9 Å². The van der Waals surface area contributed by atoms with Crippen LogP contribution in [0, 0.1) is 0 Å². The number of amidine groups is 1. The second kappa shape index (κ2) is 9.73. The van der Waals surface area contributed by atoms with Gasteiger partial charge < -0.3 is 27.8 Å². The van der Waals surface area contributed by atoms with Gasteiger partial charge in [-0.25, -0.2) is 0 Å². The van der Waals surface area contributed by atoms with E-state index >= 15 is 0 Å². The fourth-order valence-electron chi connectivity index (χ4n) is 3.47. The number of nitrogens with one attached hydrogen (secondary N) is 2. The highest BCUT2D eigenvalue weighted by molar-refractivity contribution is 6.09. The van der Waals surface area contributed by atoms with Crippen LogP contribution < -0.4 is 27.8 Å². The third kappa shape index (κ3) is 5.02. The fourth-order valence-corrected chi connectivity index (χ4v) is 3.47. The van der Waals surface area contributed by atoms with Gasteiger partial charge in [0, 0.05) is 24.2 Å². The number of nitrogens with zero attached hydrogens (tertiary/aromatic N) is 2. The quantitative estimate of drug-likeness (QED) is 0.345. The van der Waals surface area contributed by atoms with Crippen molar-refractivity contribution in [2.75, 3.05) is 13.1 Å². The van der Waals surface area contributed by atoms with E-state index in [-0.39, 0.29) is 42.2 Å². The molecule has 1 heterocycles. The smallest absolute Gasteiger partial charge is 0.384 e. The average molecular weight is 445 g/mol. The van der Waals surface area contributed by atoms with Crippen molar-refractivity contribution in [1.29, 1.82) is 0 Å². The molecule has 0 aromatic heterocycles. The van der Waals surface area contributed by atoms with Gasteiger partial charge in [-0.3, -0.25) is 4.99 Å². The number of aliphatic imine (C=N–C) groups is 2. The SMILES string of the molecule is CCC1N=C(N=C(N)N/C(=C(\N)NCCN)c2ccccc2C(F)(F)F)c2ccccc21. The molecule has 0 bridgehead atoms. The van der Waals surface area contributed by atoms with Crippen molar-refractivity contribution in [2.45, 2.75) is 25.6 Å². The summed E-state index contributed by atoms with van der Waals surface area (Å²) in [4.78, 5) is 8.94. The van der Waals surface area contributed by atoms with Gasteiger partial charge in [-0.2, -0.15) is 18.2 Å². The van der Waals surface area contributed by atoms with Crippen molar-refractivity contribution >= 4 is 17.5 Å². The molecular weight excluding hydrogens is 419 g/mol. The van der Waals surface area contributed by atoms with E-state index in [1.165, 1.54) is 18.2 Å². The Morgan fingerprint density at radius 3 is 2.47 bits per heavy atom. The second-order valence-electron chi connectivity index (χ2n) is 7.13. The Kier molecular flexibility index (Phi) is 7.04. The monoisotopic (exact) mass is 445 g/mol. The van der Waals surface area contributed by atoms with Crippen molar-refractivity contribution < 1.29 is 13.2 Å². The van der Waals surface area contributed by atoms with Crippen LogP contribution in [0.1, 0.15) is 41.6 Å². The van der Waals surface area contributed by atoms with Crippen LogP contribution in [0.25, 0.3) is 5.70 Å². The summed E-state index contributed by atoms with van der Waals surface area (Å²) in [5.74, 6) is 0.236. The number of hydrogen-bond donors (Lipinski definition) is 5. The minimum absolute atomic E-state index is 0.0366. The van der Waals surface area contributed by atoms with E-state index in [0.717, 1.165) is 23.6 Å². The van der Waals surface area contributed by atoms with E-state index in [2.05, 4.69) is 20.6 Å². The highest BCUT2D eigenvalue weighted by Gasteiger charge is 2.34. The summed E-state index contributed by atoms with van der Waals surface area (Å²) >= 11 is 0. The molecule has 1 aliphatic rings. The number of guanidine groups is 1. The maximum atomic E-state index is 13.6. The predicted molar refractivity (Wildman–Crippen MR) is 120 cm³/mol. The van der Waals surface area contributed by atoms with Crippen LogP contribution >= 0.6 is 0 Å². The third-order valence-electron chi connectivity index (χ3n) is 4.94. The zero-order chi connectivity index (χ0) is 23.3. The molecule has 0 saturated heterocycles. The number of fused-ring (bicyclic) bond motifs is 1. The molecule has 0 saturated carbocycles. The van der Waals surface area contributed by atoms with Crippen LogP contribution in [-0.2, 0) is 6.18 Å². The molecule has 0 amide bonds. The van der Waals surface area contributed by atoms with Crippen molar-refractivity contribution in [1.82, 2.24) is 10.6 Å². The summed E-state index contributed by atoms with van der Waals surface area (Å²) in [6, 6.07) is 12.7. The molecule has 170 valence electrons. The van der Waals surface area contributed by atoms with Crippen molar-refractivity contribution in [3.63, 3.8) is 0 Å². The minimum Gasteiger partial charge on any atom is -0.384 e. The van der Waals surface area contributed by atoms with Gasteiger partial charge in [0.15, 0.2) is 11.8 Å². The van der Waals surface area contributed by atoms with Crippen molar-refractivity contribution in [3.05, 3.63) is 76.6 Å². The minimum atomic E-state index is -4.59. The van der Waals surface area contributed by atoms with E-state index in [9.17, 15) is 13.2 Å². The highest BCUT2D eigenvalue weighted by atomic mass is 19.4. The van der Waals surface area contributed by atoms with Gasteiger partial charge in [0.25, 0.3) is 0 Å². The molecule has 0 radical (unpaired) electrons. The lowest BCUT2D eigenvalue weighted by atomic mass is 10.0. The van der Waals surface area contributed by atoms with Crippen LogP contribution in [0.4, 0.5) is 13.2 Å². The van der Waals surface area contributed by atoms with Gasteiger partial charge >= 0.3 is 6.18 Å². The van der Waals surface area contributed by atoms with Crippen LogP contribution in [0.3, 0.4) is 0 Å². The predicted octanol–water partition coefficient (Wildman–Crippen LogP) is 2.65. The van der Waals surface area contributed by atoms with Crippen LogP contribution in [0.15, 0.2) is 64.3 Å². The van der Waals surface area contributed by atoms with Gasteiger partial charge in [0.05, 0.1) is 17.3 Å². The Balaban J connectivity index is 2.01. The van der Waals surface area contributed by atoms with Gasteiger partial charge in [-0.05, 0) is 18.1 Å². The maximum Gasteiger partial charge on any atom is 0.417 e. The topological polar surface area (TPSA) is 127 Å². The average Bonchev–Trinajstić information content (AvgIpc) is 3.12. The number of benzene rings is 2. The molecular formula is C22H26F3N7.